The van der Waals surface area contributed by atoms with E-state index in [2.05, 4.69) is 5.32 Å². The minimum absolute atomic E-state index is 0.104. The predicted octanol–water partition coefficient (Wildman–Crippen LogP) is 1.98. The van der Waals surface area contributed by atoms with Crippen molar-refractivity contribution in [3.8, 4) is 0 Å². The van der Waals surface area contributed by atoms with Gasteiger partial charge in [-0.25, -0.2) is 8.42 Å². The molecule has 1 aromatic rings. The molecule has 1 aliphatic heterocycles. The number of carbonyl (C=O) groups is 1. The number of nitrogens with one attached hydrogen (secondary N) is 1. The van der Waals surface area contributed by atoms with Crippen LogP contribution in [0.1, 0.15) is 31.2 Å². The first-order valence-electron chi connectivity index (χ1n) is 8.08. The van der Waals surface area contributed by atoms with Crippen LogP contribution in [-0.2, 0) is 14.8 Å². The maximum Gasteiger partial charge on any atom is 0.236 e. The molecule has 1 N–H and O–H groups in total. The number of benzene rings is 1. The monoisotopic (exact) mass is 334 g/mol. The summed E-state index contributed by atoms with van der Waals surface area (Å²) in [6.07, 6.45) is 4.96. The molecule has 0 aromatic heterocycles. The third-order valence-electron chi connectivity index (χ3n) is 4.34. The Labute approximate surface area is 137 Å². The quantitative estimate of drug-likeness (QED) is 0.895. The average Bonchev–Trinajstić information content (AvgIpc) is 3.40. The SMILES string of the molecule is O=C(NC1CCN(S(=O)(=O)/C=C\c2ccccc2)CC1)C1CC1. The van der Waals surface area contributed by atoms with E-state index in [1.165, 1.54) is 9.71 Å². The summed E-state index contributed by atoms with van der Waals surface area (Å²) in [6.45, 7) is 0.911. The number of amides is 1. The molecule has 3 rings (SSSR count). The van der Waals surface area contributed by atoms with Gasteiger partial charge in [0, 0.05) is 30.5 Å². The van der Waals surface area contributed by atoms with Gasteiger partial charge in [-0.2, -0.15) is 4.31 Å². The Kier molecular flexibility index (Phi) is 4.82. The van der Waals surface area contributed by atoms with Crippen LogP contribution in [0.5, 0.6) is 0 Å². The summed E-state index contributed by atoms with van der Waals surface area (Å²) < 4.78 is 26.2. The van der Waals surface area contributed by atoms with E-state index in [-0.39, 0.29) is 17.9 Å². The Morgan fingerprint density at radius 1 is 1.09 bits per heavy atom. The van der Waals surface area contributed by atoms with Gasteiger partial charge in [-0.15, -0.1) is 0 Å². The molecule has 1 saturated carbocycles. The van der Waals surface area contributed by atoms with E-state index < -0.39 is 10.0 Å². The second-order valence-corrected chi connectivity index (χ2v) is 8.03. The standard InChI is InChI=1S/C17H22N2O3S/c20-17(15-6-7-15)18-16-8-11-19(12-9-16)23(21,22)13-10-14-4-2-1-3-5-14/h1-5,10,13,15-16H,6-9,11-12H2,(H,18,20)/b13-10-. The molecule has 0 atom stereocenters. The van der Waals surface area contributed by atoms with Crippen LogP contribution in [0.4, 0.5) is 0 Å². The zero-order valence-electron chi connectivity index (χ0n) is 13.0. The summed E-state index contributed by atoms with van der Waals surface area (Å²) in [7, 11) is -3.40. The van der Waals surface area contributed by atoms with E-state index in [0.717, 1.165) is 18.4 Å². The van der Waals surface area contributed by atoms with E-state index in [9.17, 15) is 13.2 Å². The topological polar surface area (TPSA) is 66.5 Å². The first-order valence-corrected chi connectivity index (χ1v) is 9.58. The number of piperidine rings is 1. The molecule has 0 unspecified atom stereocenters. The van der Waals surface area contributed by atoms with Crippen LogP contribution < -0.4 is 5.32 Å². The molecular formula is C17H22N2O3S. The molecule has 124 valence electrons. The lowest BCUT2D eigenvalue weighted by atomic mass is 10.1. The highest BCUT2D eigenvalue weighted by atomic mass is 32.2. The van der Waals surface area contributed by atoms with Gasteiger partial charge in [0.2, 0.25) is 15.9 Å². The van der Waals surface area contributed by atoms with Crippen LogP contribution in [0, 0.1) is 5.92 Å². The van der Waals surface area contributed by atoms with Gasteiger partial charge in [-0.3, -0.25) is 4.79 Å². The molecule has 5 nitrogen and oxygen atoms in total. The molecule has 2 fully saturated rings. The lowest BCUT2D eigenvalue weighted by Gasteiger charge is -2.30. The zero-order valence-corrected chi connectivity index (χ0v) is 13.8. The molecule has 2 aliphatic rings. The molecule has 0 bridgehead atoms. The van der Waals surface area contributed by atoms with E-state index in [4.69, 9.17) is 0 Å². The third-order valence-corrected chi connectivity index (χ3v) is 5.91. The van der Waals surface area contributed by atoms with Gasteiger partial charge in [0.25, 0.3) is 0 Å². The maximum absolute atomic E-state index is 12.4. The largest absolute Gasteiger partial charge is 0.353 e. The van der Waals surface area contributed by atoms with Gasteiger partial charge in [0.05, 0.1) is 0 Å². The molecule has 1 saturated heterocycles. The van der Waals surface area contributed by atoms with Gasteiger partial charge >= 0.3 is 0 Å². The van der Waals surface area contributed by atoms with Gasteiger partial charge < -0.3 is 5.32 Å². The van der Waals surface area contributed by atoms with Crippen molar-refractivity contribution in [2.75, 3.05) is 13.1 Å². The highest BCUT2D eigenvalue weighted by Crippen LogP contribution is 2.29. The van der Waals surface area contributed by atoms with Gasteiger partial charge in [-0.05, 0) is 37.3 Å². The molecular weight excluding hydrogens is 312 g/mol. The fourth-order valence-electron chi connectivity index (χ4n) is 2.73. The lowest BCUT2D eigenvalue weighted by molar-refractivity contribution is -0.123. The van der Waals surface area contributed by atoms with Crippen LogP contribution in [-0.4, -0.2) is 37.8 Å². The molecule has 0 radical (unpaired) electrons. The fraction of sp³-hybridized carbons (Fsp3) is 0.471. The summed E-state index contributed by atoms with van der Waals surface area (Å²) in [5.41, 5.74) is 0.864. The van der Waals surface area contributed by atoms with E-state index in [0.29, 0.717) is 25.9 Å². The second kappa shape index (κ2) is 6.84. The Morgan fingerprint density at radius 2 is 1.74 bits per heavy atom. The van der Waals surface area contributed by atoms with Crippen molar-refractivity contribution in [1.82, 2.24) is 9.62 Å². The van der Waals surface area contributed by atoms with Crippen LogP contribution in [0.15, 0.2) is 35.7 Å². The molecule has 0 spiro atoms. The van der Waals surface area contributed by atoms with Crippen LogP contribution in [0.2, 0.25) is 0 Å². The molecule has 1 aliphatic carbocycles. The molecule has 1 amide bonds. The summed E-state index contributed by atoms with van der Waals surface area (Å²) in [4.78, 5) is 11.8. The Morgan fingerprint density at radius 3 is 2.35 bits per heavy atom. The molecule has 1 heterocycles. The molecule has 1 aromatic carbocycles. The van der Waals surface area contributed by atoms with Crippen LogP contribution >= 0.6 is 0 Å². The maximum atomic E-state index is 12.4. The number of carbonyl (C=O) groups excluding carboxylic acids is 1. The first-order chi connectivity index (χ1) is 11.0. The highest BCUT2D eigenvalue weighted by molar-refractivity contribution is 7.92. The minimum atomic E-state index is -3.40. The number of hydrogen-bond acceptors (Lipinski definition) is 3. The highest BCUT2D eigenvalue weighted by Gasteiger charge is 2.33. The Bertz CT molecular complexity index is 673. The number of sulfonamides is 1. The van der Waals surface area contributed by atoms with Crippen molar-refractivity contribution in [3.63, 3.8) is 0 Å². The first kappa shape index (κ1) is 16.2. The Hall–Kier alpha value is -1.66. The van der Waals surface area contributed by atoms with E-state index >= 15 is 0 Å². The van der Waals surface area contributed by atoms with Crippen LogP contribution in [0.25, 0.3) is 6.08 Å². The number of hydrogen-bond donors (Lipinski definition) is 1. The van der Waals surface area contributed by atoms with Crippen molar-refractivity contribution in [3.05, 3.63) is 41.3 Å². The summed E-state index contributed by atoms with van der Waals surface area (Å²) in [5.74, 6) is 0.334. The number of nitrogens with zero attached hydrogens (tertiary/aromatic N) is 1. The summed E-state index contributed by atoms with van der Waals surface area (Å²) in [5, 5.41) is 4.30. The Balaban J connectivity index is 1.53. The van der Waals surface area contributed by atoms with Gasteiger partial charge in [0.15, 0.2) is 0 Å². The average molecular weight is 334 g/mol. The lowest BCUT2D eigenvalue weighted by Crippen LogP contribution is -2.46. The van der Waals surface area contributed by atoms with Gasteiger partial charge in [0.1, 0.15) is 0 Å². The van der Waals surface area contributed by atoms with E-state index in [1.807, 2.05) is 30.3 Å². The normalized spacial score (nSPS) is 20.7. The van der Waals surface area contributed by atoms with Gasteiger partial charge in [-0.1, -0.05) is 30.3 Å². The molecule has 23 heavy (non-hydrogen) atoms. The smallest absolute Gasteiger partial charge is 0.236 e. The third kappa shape index (κ3) is 4.42. The second-order valence-electron chi connectivity index (χ2n) is 6.21. The summed E-state index contributed by atoms with van der Waals surface area (Å²) >= 11 is 0. The molecule has 6 heteroatoms. The predicted molar refractivity (Wildman–Crippen MR) is 89.9 cm³/mol. The van der Waals surface area contributed by atoms with E-state index in [1.54, 1.807) is 6.08 Å². The fourth-order valence-corrected chi connectivity index (χ4v) is 3.95. The van der Waals surface area contributed by atoms with Crippen LogP contribution in [0.3, 0.4) is 0 Å². The minimum Gasteiger partial charge on any atom is -0.353 e. The van der Waals surface area contributed by atoms with Crippen molar-refractivity contribution in [1.29, 1.82) is 0 Å². The van der Waals surface area contributed by atoms with Crippen molar-refractivity contribution in [2.24, 2.45) is 5.92 Å². The van der Waals surface area contributed by atoms with Crippen molar-refractivity contribution in [2.45, 2.75) is 31.7 Å². The summed E-state index contributed by atoms with van der Waals surface area (Å²) in [6, 6.07) is 9.48. The zero-order chi connectivity index (χ0) is 16.3. The van der Waals surface area contributed by atoms with Crippen molar-refractivity contribution < 1.29 is 13.2 Å². The van der Waals surface area contributed by atoms with Crippen molar-refractivity contribution >= 4 is 22.0 Å². The number of rotatable bonds is 5.